The number of rotatable bonds is 8. The van der Waals surface area contributed by atoms with Gasteiger partial charge in [-0.2, -0.15) is 0 Å². The van der Waals surface area contributed by atoms with E-state index in [2.05, 4.69) is 31.9 Å². The SMILES string of the molecule is CCOc1cc(Br)c(/C=C2\CCC/C(=C\c3cc(OC)c(OCC)cc3Br)C2=O)cc1OC. The van der Waals surface area contributed by atoms with Gasteiger partial charge in [0.2, 0.25) is 0 Å². The lowest BCUT2D eigenvalue weighted by molar-refractivity contribution is -0.112. The van der Waals surface area contributed by atoms with Gasteiger partial charge in [0.1, 0.15) is 0 Å². The van der Waals surface area contributed by atoms with E-state index in [1.807, 2.05) is 50.3 Å². The number of ether oxygens (including phenoxy) is 4. The van der Waals surface area contributed by atoms with Crippen LogP contribution in [0.2, 0.25) is 0 Å². The molecule has 0 radical (unpaired) electrons. The van der Waals surface area contributed by atoms with E-state index in [1.54, 1.807) is 14.2 Å². The van der Waals surface area contributed by atoms with Crippen molar-refractivity contribution in [2.24, 2.45) is 0 Å². The molecule has 0 spiro atoms. The van der Waals surface area contributed by atoms with E-state index < -0.39 is 0 Å². The smallest absolute Gasteiger partial charge is 0.185 e. The molecule has 1 aliphatic rings. The molecular formula is C26H28Br2O5. The minimum Gasteiger partial charge on any atom is -0.493 e. The molecule has 1 aliphatic carbocycles. The summed E-state index contributed by atoms with van der Waals surface area (Å²) in [5.41, 5.74) is 3.30. The average molecular weight is 580 g/mol. The molecule has 0 aliphatic heterocycles. The highest BCUT2D eigenvalue weighted by Crippen LogP contribution is 2.38. The van der Waals surface area contributed by atoms with Crippen molar-refractivity contribution in [1.29, 1.82) is 0 Å². The van der Waals surface area contributed by atoms with Crippen LogP contribution in [0.15, 0.2) is 44.4 Å². The van der Waals surface area contributed by atoms with Crippen LogP contribution >= 0.6 is 31.9 Å². The topological polar surface area (TPSA) is 54.0 Å². The summed E-state index contributed by atoms with van der Waals surface area (Å²) in [4.78, 5) is 13.3. The molecule has 0 atom stereocenters. The van der Waals surface area contributed by atoms with E-state index in [0.717, 1.165) is 50.5 Å². The van der Waals surface area contributed by atoms with Crippen molar-refractivity contribution in [2.45, 2.75) is 33.1 Å². The number of hydrogen-bond acceptors (Lipinski definition) is 5. The summed E-state index contributed by atoms with van der Waals surface area (Å²) in [6.45, 7) is 4.94. The zero-order chi connectivity index (χ0) is 24.0. The average Bonchev–Trinajstić information content (AvgIpc) is 2.80. The third-order valence-electron chi connectivity index (χ3n) is 5.30. The number of halogens is 2. The van der Waals surface area contributed by atoms with Gasteiger partial charge in [0.05, 0.1) is 27.4 Å². The molecule has 7 heteroatoms. The standard InChI is InChI=1S/C26H28Br2O5/c1-5-32-24-14-20(27)18(12-22(24)30-3)10-16-8-7-9-17(26(16)29)11-19-13-23(31-4)25(33-6-2)15-21(19)28/h10-15H,5-9H2,1-4H3/b16-10+,17-11+. The molecule has 1 fully saturated rings. The van der Waals surface area contributed by atoms with Crippen molar-refractivity contribution in [3.8, 4) is 23.0 Å². The van der Waals surface area contributed by atoms with Crippen LogP contribution in [0.25, 0.3) is 12.2 Å². The van der Waals surface area contributed by atoms with Gasteiger partial charge in [-0.25, -0.2) is 0 Å². The highest BCUT2D eigenvalue weighted by molar-refractivity contribution is 9.10. The summed E-state index contributed by atoms with van der Waals surface area (Å²) >= 11 is 7.21. The van der Waals surface area contributed by atoms with E-state index in [4.69, 9.17) is 18.9 Å². The fraction of sp³-hybridized carbons (Fsp3) is 0.346. The molecule has 0 bridgehead atoms. The lowest BCUT2D eigenvalue weighted by atomic mass is 9.87. The summed E-state index contributed by atoms with van der Waals surface area (Å²) < 4.78 is 23.9. The number of benzene rings is 2. The number of methoxy groups -OCH3 is 2. The predicted octanol–water partition coefficient (Wildman–Crippen LogP) is 7.25. The summed E-state index contributed by atoms with van der Waals surface area (Å²) in [7, 11) is 3.22. The Morgan fingerprint density at radius 1 is 0.758 bits per heavy atom. The van der Waals surface area contributed by atoms with Crippen molar-refractivity contribution < 1.29 is 23.7 Å². The molecular weight excluding hydrogens is 552 g/mol. The Hall–Kier alpha value is -2.25. The first kappa shape index (κ1) is 25.4. The number of hydrogen-bond donors (Lipinski definition) is 0. The second kappa shape index (κ2) is 11.7. The highest BCUT2D eigenvalue weighted by atomic mass is 79.9. The number of carbonyl (C=O) groups is 1. The molecule has 0 aromatic heterocycles. The second-order valence-electron chi connectivity index (χ2n) is 7.44. The molecule has 2 aromatic carbocycles. The first-order valence-electron chi connectivity index (χ1n) is 10.9. The Balaban J connectivity index is 1.95. The maximum Gasteiger partial charge on any atom is 0.185 e. The van der Waals surface area contributed by atoms with Crippen LogP contribution in [0.4, 0.5) is 0 Å². The van der Waals surface area contributed by atoms with Gasteiger partial charge < -0.3 is 18.9 Å². The Labute approximate surface area is 212 Å². The Bertz CT molecular complexity index is 1010. The molecule has 0 amide bonds. The zero-order valence-electron chi connectivity index (χ0n) is 19.3. The maximum atomic E-state index is 13.3. The number of carbonyl (C=O) groups excluding carboxylic acids is 1. The molecule has 33 heavy (non-hydrogen) atoms. The number of Topliss-reactive ketones (excluding diaryl/α,β-unsaturated/α-hetero) is 1. The molecule has 1 saturated carbocycles. The number of allylic oxidation sites excluding steroid dienone is 2. The Morgan fingerprint density at radius 2 is 1.18 bits per heavy atom. The van der Waals surface area contributed by atoms with Crippen molar-refractivity contribution >= 4 is 49.8 Å². The van der Waals surface area contributed by atoms with E-state index in [9.17, 15) is 4.79 Å². The van der Waals surface area contributed by atoms with Crippen molar-refractivity contribution in [3.63, 3.8) is 0 Å². The second-order valence-corrected chi connectivity index (χ2v) is 9.15. The van der Waals surface area contributed by atoms with Crippen LogP contribution in [0.5, 0.6) is 23.0 Å². The summed E-state index contributed by atoms with van der Waals surface area (Å²) in [5, 5.41) is 0. The largest absolute Gasteiger partial charge is 0.493 e. The Morgan fingerprint density at radius 3 is 1.55 bits per heavy atom. The summed E-state index contributed by atoms with van der Waals surface area (Å²) in [5.74, 6) is 2.66. The van der Waals surface area contributed by atoms with E-state index in [0.29, 0.717) is 36.2 Å². The number of ketones is 1. The quantitative estimate of drug-likeness (QED) is 0.308. The van der Waals surface area contributed by atoms with Crippen LogP contribution in [0, 0.1) is 0 Å². The first-order valence-corrected chi connectivity index (χ1v) is 12.5. The normalized spacial score (nSPS) is 16.2. The van der Waals surface area contributed by atoms with Crippen LogP contribution in [-0.4, -0.2) is 33.2 Å². The van der Waals surface area contributed by atoms with Gasteiger partial charge in [-0.3, -0.25) is 4.79 Å². The first-order chi connectivity index (χ1) is 15.9. The molecule has 0 heterocycles. The van der Waals surface area contributed by atoms with Gasteiger partial charge in [-0.05, 0) is 80.7 Å². The van der Waals surface area contributed by atoms with Gasteiger partial charge >= 0.3 is 0 Å². The fourth-order valence-corrected chi connectivity index (χ4v) is 4.61. The summed E-state index contributed by atoms with van der Waals surface area (Å²) in [6.07, 6.45) is 6.23. The third kappa shape index (κ3) is 6.01. The van der Waals surface area contributed by atoms with E-state index >= 15 is 0 Å². The van der Waals surface area contributed by atoms with Crippen LogP contribution in [-0.2, 0) is 4.79 Å². The fourth-order valence-electron chi connectivity index (χ4n) is 3.73. The maximum absolute atomic E-state index is 13.3. The third-order valence-corrected chi connectivity index (χ3v) is 6.67. The van der Waals surface area contributed by atoms with E-state index in [-0.39, 0.29) is 5.78 Å². The summed E-state index contributed by atoms with van der Waals surface area (Å²) in [6, 6.07) is 7.53. The Kier molecular flexibility index (Phi) is 9.03. The van der Waals surface area contributed by atoms with Crippen LogP contribution in [0.1, 0.15) is 44.2 Å². The molecule has 176 valence electrons. The minimum atomic E-state index is 0.0563. The molecule has 2 aromatic rings. The van der Waals surface area contributed by atoms with Gasteiger partial charge in [0.25, 0.3) is 0 Å². The monoisotopic (exact) mass is 578 g/mol. The van der Waals surface area contributed by atoms with Crippen molar-refractivity contribution in [3.05, 3.63) is 55.5 Å². The lowest BCUT2D eigenvalue weighted by Gasteiger charge is -2.18. The predicted molar refractivity (Wildman–Crippen MR) is 139 cm³/mol. The lowest BCUT2D eigenvalue weighted by Crippen LogP contribution is -2.12. The molecule has 5 nitrogen and oxygen atoms in total. The van der Waals surface area contributed by atoms with Crippen molar-refractivity contribution in [1.82, 2.24) is 0 Å². The van der Waals surface area contributed by atoms with Crippen molar-refractivity contribution in [2.75, 3.05) is 27.4 Å². The highest BCUT2D eigenvalue weighted by Gasteiger charge is 2.22. The van der Waals surface area contributed by atoms with Crippen LogP contribution < -0.4 is 18.9 Å². The minimum absolute atomic E-state index is 0.0563. The molecule has 0 unspecified atom stereocenters. The molecule has 0 N–H and O–H groups in total. The van der Waals surface area contributed by atoms with Crippen LogP contribution in [0.3, 0.4) is 0 Å². The van der Waals surface area contributed by atoms with Gasteiger partial charge in [0, 0.05) is 20.1 Å². The van der Waals surface area contributed by atoms with Gasteiger partial charge in [0.15, 0.2) is 28.8 Å². The van der Waals surface area contributed by atoms with E-state index in [1.165, 1.54) is 0 Å². The van der Waals surface area contributed by atoms with Gasteiger partial charge in [-0.15, -0.1) is 0 Å². The van der Waals surface area contributed by atoms with Gasteiger partial charge in [-0.1, -0.05) is 31.9 Å². The molecule has 0 saturated heterocycles. The zero-order valence-corrected chi connectivity index (χ0v) is 22.5. The molecule has 3 rings (SSSR count).